The van der Waals surface area contributed by atoms with E-state index in [1.54, 1.807) is 30.3 Å². The van der Waals surface area contributed by atoms with Gasteiger partial charge < -0.3 is 9.94 Å². The fourth-order valence-electron chi connectivity index (χ4n) is 1.57. The first-order chi connectivity index (χ1) is 8.59. The van der Waals surface area contributed by atoms with Crippen LogP contribution in [0.2, 0.25) is 0 Å². The second-order valence-corrected chi connectivity index (χ2v) is 3.81. The molecule has 1 N–H and O–H groups in total. The number of amides is 2. The summed E-state index contributed by atoms with van der Waals surface area (Å²) in [4.78, 5) is 38.6. The summed E-state index contributed by atoms with van der Waals surface area (Å²) in [5, 5.41) is 10.1. The van der Waals surface area contributed by atoms with E-state index in [0.29, 0.717) is 10.6 Å². The van der Waals surface area contributed by atoms with E-state index in [2.05, 4.69) is 4.84 Å². The van der Waals surface area contributed by atoms with Crippen molar-refractivity contribution in [2.45, 2.75) is 18.9 Å². The van der Waals surface area contributed by atoms with Gasteiger partial charge in [0.1, 0.15) is 0 Å². The van der Waals surface area contributed by atoms with E-state index in [-0.39, 0.29) is 12.8 Å². The molecule has 1 heterocycles. The van der Waals surface area contributed by atoms with Gasteiger partial charge in [0.05, 0.1) is 0 Å². The number of hydrogen-bond acceptors (Lipinski definition) is 5. The third kappa shape index (κ3) is 2.38. The summed E-state index contributed by atoms with van der Waals surface area (Å²) >= 11 is 0. The van der Waals surface area contributed by atoms with Crippen molar-refractivity contribution in [2.24, 2.45) is 0 Å². The fraction of sp³-hybridized carbons (Fsp3) is 0.250. The van der Waals surface area contributed by atoms with Crippen LogP contribution < -0.4 is 0 Å². The van der Waals surface area contributed by atoms with E-state index in [0.717, 1.165) is 0 Å². The molecule has 0 spiro atoms. The Bertz CT molecular complexity index is 469. The Kier molecular flexibility index (Phi) is 3.38. The topological polar surface area (TPSA) is 83.9 Å². The predicted molar refractivity (Wildman–Crippen MR) is 58.6 cm³/mol. The van der Waals surface area contributed by atoms with E-state index in [1.165, 1.54) is 0 Å². The Labute approximate surface area is 103 Å². The number of aliphatic hydroxyl groups is 1. The first-order valence-electron chi connectivity index (χ1n) is 5.40. The van der Waals surface area contributed by atoms with Crippen LogP contribution in [0.4, 0.5) is 0 Å². The molecule has 1 aromatic carbocycles. The lowest BCUT2D eigenvalue weighted by Gasteiger charge is -2.15. The highest BCUT2D eigenvalue weighted by molar-refractivity contribution is 6.01. The quantitative estimate of drug-likeness (QED) is 0.780. The van der Waals surface area contributed by atoms with Gasteiger partial charge in [-0.15, -0.1) is 5.06 Å². The number of carbonyl (C=O) groups is 3. The molecule has 1 aromatic rings. The molecule has 1 aliphatic heterocycles. The van der Waals surface area contributed by atoms with Gasteiger partial charge in [0.15, 0.2) is 6.10 Å². The zero-order valence-corrected chi connectivity index (χ0v) is 9.41. The summed E-state index contributed by atoms with van der Waals surface area (Å²) < 4.78 is 0. The van der Waals surface area contributed by atoms with E-state index in [1.807, 2.05) is 0 Å². The minimum atomic E-state index is -1.52. The molecule has 2 amide bonds. The van der Waals surface area contributed by atoms with Crippen LogP contribution in [-0.4, -0.2) is 28.0 Å². The van der Waals surface area contributed by atoms with Crippen LogP contribution in [0.1, 0.15) is 24.5 Å². The Hall–Kier alpha value is -2.21. The van der Waals surface area contributed by atoms with Crippen molar-refractivity contribution in [3.05, 3.63) is 35.9 Å². The van der Waals surface area contributed by atoms with Gasteiger partial charge in [-0.1, -0.05) is 30.3 Å². The first-order valence-corrected chi connectivity index (χ1v) is 5.40. The van der Waals surface area contributed by atoms with Gasteiger partial charge in [-0.05, 0) is 5.56 Å². The van der Waals surface area contributed by atoms with E-state index >= 15 is 0 Å². The first kappa shape index (κ1) is 12.3. The van der Waals surface area contributed by atoms with Gasteiger partial charge in [0, 0.05) is 12.8 Å². The van der Waals surface area contributed by atoms with Crippen LogP contribution in [0.3, 0.4) is 0 Å². The highest BCUT2D eigenvalue weighted by atomic mass is 16.7. The fourth-order valence-corrected chi connectivity index (χ4v) is 1.57. The minimum Gasteiger partial charge on any atom is -0.377 e. The van der Waals surface area contributed by atoms with Gasteiger partial charge >= 0.3 is 5.97 Å². The van der Waals surface area contributed by atoms with Crippen LogP contribution in [0, 0.1) is 0 Å². The van der Waals surface area contributed by atoms with Crippen LogP contribution >= 0.6 is 0 Å². The maximum absolute atomic E-state index is 11.6. The number of imide groups is 1. The Balaban J connectivity index is 2.04. The Morgan fingerprint density at radius 3 is 2.28 bits per heavy atom. The summed E-state index contributed by atoms with van der Waals surface area (Å²) in [6.07, 6.45) is -1.48. The standard InChI is InChI=1S/C12H11NO5/c14-9-6-7-10(15)13(9)18-12(17)11(16)8-4-2-1-3-5-8/h1-5,11,16H,6-7H2/t11-/m0/s1. The number of rotatable bonds is 3. The second-order valence-electron chi connectivity index (χ2n) is 3.81. The van der Waals surface area contributed by atoms with Gasteiger partial charge in [-0.2, -0.15) is 0 Å². The molecule has 0 aromatic heterocycles. The molecular formula is C12H11NO5. The van der Waals surface area contributed by atoms with E-state index < -0.39 is 23.9 Å². The largest absolute Gasteiger partial charge is 0.377 e. The van der Waals surface area contributed by atoms with Crippen molar-refractivity contribution in [1.82, 2.24) is 5.06 Å². The molecule has 0 aliphatic carbocycles. The molecule has 1 saturated heterocycles. The summed E-state index contributed by atoms with van der Waals surface area (Å²) in [7, 11) is 0. The van der Waals surface area contributed by atoms with Gasteiger partial charge in [0.25, 0.3) is 11.8 Å². The van der Waals surface area contributed by atoms with Crippen molar-refractivity contribution in [1.29, 1.82) is 0 Å². The number of nitrogens with zero attached hydrogens (tertiary/aromatic N) is 1. The second kappa shape index (κ2) is 4.97. The maximum atomic E-state index is 11.6. The third-order valence-corrected chi connectivity index (χ3v) is 2.53. The molecule has 1 aliphatic rings. The average molecular weight is 249 g/mol. The Morgan fingerprint density at radius 1 is 1.17 bits per heavy atom. The number of hydrogen-bond donors (Lipinski definition) is 1. The highest BCUT2D eigenvalue weighted by Gasteiger charge is 2.34. The summed E-state index contributed by atoms with van der Waals surface area (Å²) in [5.74, 6) is -2.20. The number of aliphatic hydroxyl groups excluding tert-OH is 1. The summed E-state index contributed by atoms with van der Waals surface area (Å²) in [5.41, 5.74) is 0.335. The van der Waals surface area contributed by atoms with Crippen molar-refractivity contribution in [3.63, 3.8) is 0 Å². The van der Waals surface area contributed by atoms with Crippen molar-refractivity contribution in [2.75, 3.05) is 0 Å². The van der Waals surface area contributed by atoms with Gasteiger partial charge in [0.2, 0.25) is 0 Å². The van der Waals surface area contributed by atoms with Crippen LogP contribution in [-0.2, 0) is 19.2 Å². The molecule has 0 bridgehead atoms. The maximum Gasteiger partial charge on any atom is 0.365 e. The molecule has 0 unspecified atom stereocenters. The lowest BCUT2D eigenvalue weighted by atomic mass is 10.1. The predicted octanol–water partition coefficient (Wildman–Crippen LogP) is 0.327. The molecule has 1 atom stereocenters. The molecule has 94 valence electrons. The van der Waals surface area contributed by atoms with Crippen molar-refractivity contribution >= 4 is 17.8 Å². The third-order valence-electron chi connectivity index (χ3n) is 2.53. The van der Waals surface area contributed by atoms with Crippen LogP contribution in [0.25, 0.3) is 0 Å². The minimum absolute atomic E-state index is 0.0214. The van der Waals surface area contributed by atoms with Gasteiger partial charge in [-0.25, -0.2) is 4.79 Å². The molecule has 0 radical (unpaired) electrons. The van der Waals surface area contributed by atoms with Crippen molar-refractivity contribution < 1.29 is 24.3 Å². The molecule has 2 rings (SSSR count). The van der Waals surface area contributed by atoms with Gasteiger partial charge in [-0.3, -0.25) is 9.59 Å². The molecule has 1 fully saturated rings. The lowest BCUT2D eigenvalue weighted by Crippen LogP contribution is -2.34. The molecule has 18 heavy (non-hydrogen) atoms. The monoisotopic (exact) mass is 249 g/mol. The van der Waals surface area contributed by atoms with Crippen LogP contribution in [0.15, 0.2) is 30.3 Å². The molecule has 6 nitrogen and oxygen atoms in total. The van der Waals surface area contributed by atoms with E-state index in [4.69, 9.17) is 0 Å². The normalized spacial score (nSPS) is 16.8. The molecule has 6 heteroatoms. The summed E-state index contributed by atoms with van der Waals surface area (Å²) in [6, 6.07) is 8.12. The zero-order valence-electron chi connectivity index (χ0n) is 9.41. The number of carbonyl (C=O) groups excluding carboxylic acids is 3. The average Bonchev–Trinajstić information content (AvgIpc) is 2.70. The summed E-state index contributed by atoms with van der Waals surface area (Å²) in [6.45, 7) is 0. The number of benzene rings is 1. The SMILES string of the molecule is O=C(ON1C(=O)CCC1=O)[C@@H](O)c1ccccc1. The number of hydroxylamine groups is 2. The smallest absolute Gasteiger partial charge is 0.365 e. The van der Waals surface area contributed by atoms with Crippen LogP contribution in [0.5, 0.6) is 0 Å². The van der Waals surface area contributed by atoms with Crippen molar-refractivity contribution in [3.8, 4) is 0 Å². The Morgan fingerprint density at radius 2 is 1.72 bits per heavy atom. The molecular weight excluding hydrogens is 238 g/mol. The molecule has 0 saturated carbocycles. The van der Waals surface area contributed by atoms with E-state index in [9.17, 15) is 19.5 Å². The zero-order chi connectivity index (χ0) is 13.1. The lowest BCUT2D eigenvalue weighted by molar-refractivity contribution is -0.203. The highest BCUT2D eigenvalue weighted by Crippen LogP contribution is 2.18.